The van der Waals surface area contributed by atoms with Gasteiger partial charge in [-0.15, -0.1) is 0 Å². The molecule has 0 radical (unpaired) electrons. The largest absolute Gasteiger partial charge is 0.502 e. The summed E-state index contributed by atoms with van der Waals surface area (Å²) >= 11 is 6.06. The van der Waals surface area contributed by atoms with Crippen molar-refractivity contribution in [2.24, 2.45) is 5.11 Å². The second-order valence-electron chi connectivity index (χ2n) is 6.55. The van der Waals surface area contributed by atoms with E-state index >= 15 is 0 Å². The van der Waals surface area contributed by atoms with Crippen LogP contribution in [0.15, 0.2) is 47.6 Å². The molecule has 1 saturated heterocycles. The Morgan fingerprint density at radius 1 is 1.15 bits per heavy atom. The predicted molar refractivity (Wildman–Crippen MR) is 96.8 cm³/mol. The average molecular weight is 388 g/mol. The number of fused-ring (bicyclic) bond motifs is 1. The summed E-state index contributed by atoms with van der Waals surface area (Å²) in [6.45, 7) is 2.76. The molecule has 2 aliphatic rings. The number of hydrogen-bond acceptors (Lipinski definition) is 4. The van der Waals surface area contributed by atoms with Gasteiger partial charge in [0.1, 0.15) is 5.82 Å². The Kier molecular flexibility index (Phi) is 4.39. The number of aryl methyl sites for hydroxylation is 1. The second-order valence-corrected chi connectivity index (χ2v) is 6.96. The van der Waals surface area contributed by atoms with Crippen molar-refractivity contribution in [2.75, 3.05) is 18.0 Å². The molecule has 0 aliphatic carbocycles. The molecule has 27 heavy (non-hydrogen) atoms. The van der Waals surface area contributed by atoms with Gasteiger partial charge in [0, 0.05) is 23.9 Å². The van der Waals surface area contributed by atoms with Crippen LogP contribution in [0, 0.1) is 12.7 Å². The van der Waals surface area contributed by atoms with Gasteiger partial charge in [-0.05, 0) is 35.9 Å². The molecule has 1 atom stereocenters. The lowest BCUT2D eigenvalue weighted by Crippen LogP contribution is -2.51. The number of nitrogens with zero attached hydrogens (tertiary/aromatic N) is 4. The first-order valence-corrected chi connectivity index (χ1v) is 8.93. The van der Waals surface area contributed by atoms with Gasteiger partial charge in [-0.2, -0.15) is 0 Å². The van der Waals surface area contributed by atoms with Gasteiger partial charge in [-0.3, -0.25) is 9.69 Å². The zero-order valence-electron chi connectivity index (χ0n) is 14.6. The van der Waals surface area contributed by atoms with Crippen LogP contribution in [-0.4, -0.2) is 40.8 Å². The van der Waals surface area contributed by atoms with Crippen molar-refractivity contribution in [3.05, 3.63) is 64.4 Å². The summed E-state index contributed by atoms with van der Waals surface area (Å²) in [6.07, 6.45) is -0.636. The van der Waals surface area contributed by atoms with Gasteiger partial charge in [0.2, 0.25) is 6.54 Å². The molecule has 2 aliphatic heterocycles. The molecule has 1 unspecified atom stereocenters. The minimum absolute atomic E-state index is 0.136. The molecular formula is C19H17ClFN4O2+. The second kappa shape index (κ2) is 6.74. The maximum atomic E-state index is 14.1. The monoisotopic (exact) mass is 387 g/mol. The number of benzene rings is 2. The van der Waals surface area contributed by atoms with E-state index in [9.17, 15) is 14.0 Å². The van der Waals surface area contributed by atoms with Crippen molar-refractivity contribution in [1.29, 1.82) is 0 Å². The van der Waals surface area contributed by atoms with Crippen LogP contribution in [-0.2, 0) is 16.1 Å². The van der Waals surface area contributed by atoms with Gasteiger partial charge < -0.3 is 4.90 Å². The van der Waals surface area contributed by atoms with Crippen LogP contribution in [0.3, 0.4) is 0 Å². The molecule has 6 nitrogen and oxygen atoms in total. The van der Waals surface area contributed by atoms with Crippen molar-refractivity contribution in [2.45, 2.75) is 19.8 Å². The summed E-state index contributed by atoms with van der Waals surface area (Å²) in [6, 6.07) is 12.1. The number of rotatable bonds is 3. The van der Waals surface area contributed by atoms with Crippen LogP contribution >= 0.6 is 11.6 Å². The average Bonchev–Trinajstić information content (AvgIpc) is 3.07. The smallest absolute Gasteiger partial charge is 0.326 e. The maximum Gasteiger partial charge on any atom is 0.502 e. The zero-order valence-corrected chi connectivity index (χ0v) is 15.4. The van der Waals surface area contributed by atoms with Crippen molar-refractivity contribution in [3.8, 4) is 0 Å². The Morgan fingerprint density at radius 2 is 1.85 bits per heavy atom. The van der Waals surface area contributed by atoms with Crippen molar-refractivity contribution < 1.29 is 18.7 Å². The Bertz CT molecular complexity index is 940. The SMILES string of the molecule is Cc1ccc(N2CCN3C(=O)C(=O)[N+](Cc4c(F)cccc4Cl)=NC32)cc1. The molecular weight excluding hydrogens is 371 g/mol. The fourth-order valence-electron chi connectivity index (χ4n) is 3.30. The molecule has 0 aromatic heterocycles. The van der Waals surface area contributed by atoms with Crippen molar-refractivity contribution in [1.82, 2.24) is 4.90 Å². The molecule has 0 saturated carbocycles. The van der Waals surface area contributed by atoms with E-state index in [1.54, 1.807) is 0 Å². The van der Waals surface area contributed by atoms with Gasteiger partial charge in [0.05, 0.1) is 10.6 Å². The minimum atomic E-state index is -0.781. The van der Waals surface area contributed by atoms with Gasteiger partial charge in [-0.1, -0.05) is 35.4 Å². The Hall–Kier alpha value is -2.80. The van der Waals surface area contributed by atoms with Crippen LogP contribution in [0.4, 0.5) is 10.1 Å². The highest BCUT2D eigenvalue weighted by Gasteiger charge is 2.49. The molecule has 2 amide bonds. The summed E-state index contributed by atoms with van der Waals surface area (Å²) < 4.78 is 15.1. The van der Waals surface area contributed by atoms with E-state index in [2.05, 4.69) is 5.11 Å². The lowest BCUT2D eigenvalue weighted by atomic mass is 10.2. The highest BCUT2D eigenvalue weighted by atomic mass is 35.5. The van der Waals surface area contributed by atoms with Crippen molar-refractivity contribution in [3.63, 3.8) is 0 Å². The van der Waals surface area contributed by atoms with E-state index in [1.165, 1.54) is 23.1 Å². The van der Waals surface area contributed by atoms with Gasteiger partial charge in [0.25, 0.3) is 6.29 Å². The molecule has 1 fully saturated rings. The fourth-order valence-corrected chi connectivity index (χ4v) is 3.52. The summed E-state index contributed by atoms with van der Waals surface area (Å²) in [5, 5.41) is 4.61. The third-order valence-corrected chi connectivity index (χ3v) is 5.15. The van der Waals surface area contributed by atoms with Gasteiger partial charge in [0.15, 0.2) is 0 Å². The number of halogens is 2. The van der Waals surface area contributed by atoms with E-state index in [0.29, 0.717) is 13.1 Å². The Balaban J connectivity index is 1.70. The molecule has 0 bridgehead atoms. The van der Waals surface area contributed by atoms with E-state index < -0.39 is 23.9 Å². The predicted octanol–water partition coefficient (Wildman–Crippen LogP) is 2.92. The molecule has 2 aromatic rings. The van der Waals surface area contributed by atoms with Gasteiger partial charge >= 0.3 is 11.8 Å². The topological polar surface area (TPSA) is 56.0 Å². The van der Waals surface area contributed by atoms with E-state index in [4.69, 9.17) is 11.6 Å². The number of carbonyl (C=O) groups excluding carboxylic acids is 2. The number of azo groups is 2. The zero-order chi connectivity index (χ0) is 19.1. The summed E-state index contributed by atoms with van der Waals surface area (Å²) in [4.78, 5) is 28.3. The molecule has 2 aromatic carbocycles. The highest BCUT2D eigenvalue weighted by Crippen LogP contribution is 2.28. The summed E-state index contributed by atoms with van der Waals surface area (Å²) in [5.74, 6) is -1.96. The third-order valence-electron chi connectivity index (χ3n) is 4.80. The summed E-state index contributed by atoms with van der Waals surface area (Å²) in [5.41, 5.74) is 2.16. The van der Waals surface area contributed by atoms with Crippen LogP contribution in [0.25, 0.3) is 0 Å². The fraction of sp³-hybridized carbons (Fsp3) is 0.263. The highest BCUT2D eigenvalue weighted by molar-refractivity contribution is 6.32. The van der Waals surface area contributed by atoms with Crippen molar-refractivity contribution >= 4 is 29.1 Å². The number of amides is 2. The quantitative estimate of drug-likeness (QED) is 0.601. The van der Waals surface area contributed by atoms with Crippen LogP contribution in [0.2, 0.25) is 5.02 Å². The third kappa shape index (κ3) is 3.08. The lowest BCUT2D eigenvalue weighted by molar-refractivity contribution is -0.535. The molecule has 8 heteroatoms. The molecule has 138 valence electrons. The standard InChI is InChI=1S/C19H17ClFN4O2/c1-12-5-7-13(8-6-12)23-9-10-24-17(26)18(27)25(22-19(23)24)11-14-15(20)3-2-4-16(14)21/h2-8,19H,9-11H2,1H3/q+1. The first kappa shape index (κ1) is 17.6. The minimum Gasteiger partial charge on any atom is -0.326 e. The molecule has 0 spiro atoms. The van der Waals surface area contributed by atoms with Crippen LogP contribution in [0.5, 0.6) is 0 Å². The van der Waals surface area contributed by atoms with E-state index in [0.717, 1.165) is 15.9 Å². The number of carbonyl (C=O) groups is 2. The first-order chi connectivity index (χ1) is 13.0. The van der Waals surface area contributed by atoms with Crippen LogP contribution in [0.1, 0.15) is 11.1 Å². The Morgan fingerprint density at radius 3 is 2.56 bits per heavy atom. The number of anilines is 1. The molecule has 2 heterocycles. The van der Waals surface area contributed by atoms with E-state index in [1.807, 2.05) is 36.1 Å². The molecule has 0 N–H and O–H groups in total. The van der Waals surface area contributed by atoms with Crippen LogP contribution < -0.4 is 4.90 Å². The Labute approximate surface area is 160 Å². The normalized spacial score (nSPS) is 19.4. The van der Waals surface area contributed by atoms with Gasteiger partial charge in [-0.25, -0.2) is 9.18 Å². The molecule has 4 rings (SSSR count). The van der Waals surface area contributed by atoms with E-state index in [-0.39, 0.29) is 17.1 Å². The maximum absolute atomic E-state index is 14.1. The number of hydrogen-bond donors (Lipinski definition) is 0. The summed E-state index contributed by atoms with van der Waals surface area (Å²) in [7, 11) is 0. The lowest BCUT2D eigenvalue weighted by Gasteiger charge is -2.27. The first-order valence-electron chi connectivity index (χ1n) is 8.55.